The van der Waals surface area contributed by atoms with Gasteiger partial charge >= 0.3 is 0 Å². The number of para-hydroxylation sites is 2. The normalized spacial score (nSPS) is 11.2. The molecule has 0 atom stereocenters. The molecule has 1 amide bonds. The van der Waals surface area contributed by atoms with Crippen molar-refractivity contribution in [2.75, 3.05) is 18.6 Å². The highest BCUT2D eigenvalue weighted by Gasteiger charge is 2.19. The quantitative estimate of drug-likeness (QED) is 0.305. The molecule has 2 aromatic carbocycles. The van der Waals surface area contributed by atoms with Crippen molar-refractivity contribution in [3.63, 3.8) is 0 Å². The van der Waals surface area contributed by atoms with Crippen LogP contribution in [0.3, 0.4) is 0 Å². The van der Waals surface area contributed by atoms with E-state index in [9.17, 15) is 4.79 Å². The fourth-order valence-corrected chi connectivity index (χ4v) is 5.32. The number of anilines is 2. The Balaban J connectivity index is 1.55. The Labute approximate surface area is 193 Å². The number of hydrogen-bond donors (Lipinski definition) is 0. The Hall–Kier alpha value is -2.39. The Morgan fingerprint density at radius 1 is 1.23 bits per heavy atom. The molecule has 0 saturated heterocycles. The topological polar surface area (TPSA) is 60.2 Å². The lowest BCUT2D eigenvalue weighted by Crippen LogP contribution is -2.22. The minimum Gasteiger partial charge on any atom is -0.383 e. The molecule has 4 rings (SSSR count). The van der Waals surface area contributed by atoms with Gasteiger partial charge in [-0.3, -0.25) is 9.69 Å². The summed E-state index contributed by atoms with van der Waals surface area (Å²) in [6.45, 7) is 2.87. The average Bonchev–Trinajstić information content (AvgIpc) is 3.35. The van der Waals surface area contributed by atoms with E-state index in [1.165, 1.54) is 18.3 Å². The monoisotopic (exact) mass is 472 g/mol. The van der Waals surface area contributed by atoms with Gasteiger partial charge in [-0.25, -0.2) is 9.97 Å². The van der Waals surface area contributed by atoms with Crippen LogP contribution in [0.5, 0.6) is 0 Å². The van der Waals surface area contributed by atoms with Crippen molar-refractivity contribution in [3.05, 3.63) is 64.6 Å². The van der Waals surface area contributed by atoms with Crippen molar-refractivity contribution in [3.8, 4) is 0 Å². The SMILES string of the molecule is COCCn1c(SCc2csc(N(C(C)=O)c3cccc(Cl)c3)n2)nc2ccccc21. The third kappa shape index (κ3) is 4.93. The maximum atomic E-state index is 12.3. The number of carbonyl (C=O) groups excluding carboxylic acids is 1. The zero-order chi connectivity index (χ0) is 21.8. The summed E-state index contributed by atoms with van der Waals surface area (Å²) in [7, 11) is 1.70. The van der Waals surface area contributed by atoms with Crippen LogP contribution in [0.15, 0.2) is 59.1 Å². The van der Waals surface area contributed by atoms with E-state index in [0.29, 0.717) is 28.2 Å². The number of ether oxygens (including phenoxy) is 1. The van der Waals surface area contributed by atoms with E-state index in [2.05, 4.69) is 10.6 Å². The lowest BCUT2D eigenvalue weighted by Gasteiger charge is -2.18. The Morgan fingerprint density at radius 2 is 2.06 bits per heavy atom. The van der Waals surface area contributed by atoms with Gasteiger partial charge < -0.3 is 9.30 Å². The number of imidazole rings is 1. The molecule has 0 aliphatic heterocycles. The number of carbonyl (C=O) groups is 1. The summed E-state index contributed by atoms with van der Waals surface area (Å²) < 4.78 is 7.44. The third-order valence-corrected chi connectivity index (χ3v) is 6.72. The lowest BCUT2D eigenvalue weighted by molar-refractivity contribution is -0.115. The predicted molar refractivity (Wildman–Crippen MR) is 128 cm³/mol. The number of methoxy groups -OCH3 is 1. The zero-order valence-electron chi connectivity index (χ0n) is 17.1. The van der Waals surface area contributed by atoms with Crippen LogP contribution in [-0.2, 0) is 21.8 Å². The maximum Gasteiger partial charge on any atom is 0.230 e. The Bertz CT molecular complexity index is 1210. The summed E-state index contributed by atoms with van der Waals surface area (Å²) in [5.41, 5.74) is 3.65. The number of benzene rings is 2. The number of amides is 1. The van der Waals surface area contributed by atoms with Gasteiger partial charge in [0.25, 0.3) is 0 Å². The Morgan fingerprint density at radius 3 is 2.84 bits per heavy atom. The van der Waals surface area contributed by atoms with E-state index in [1.807, 2.05) is 35.7 Å². The van der Waals surface area contributed by atoms with Gasteiger partial charge in [0.15, 0.2) is 10.3 Å². The number of hydrogen-bond acceptors (Lipinski definition) is 6. The molecule has 0 bridgehead atoms. The van der Waals surface area contributed by atoms with Crippen LogP contribution >= 0.6 is 34.7 Å². The number of nitrogens with zero attached hydrogens (tertiary/aromatic N) is 4. The highest BCUT2D eigenvalue weighted by atomic mass is 35.5. The predicted octanol–water partition coefficient (Wildman–Crippen LogP) is 5.77. The largest absolute Gasteiger partial charge is 0.383 e. The van der Waals surface area contributed by atoms with Crippen molar-refractivity contribution in [2.45, 2.75) is 24.4 Å². The van der Waals surface area contributed by atoms with Crippen LogP contribution in [0.1, 0.15) is 12.6 Å². The van der Waals surface area contributed by atoms with E-state index >= 15 is 0 Å². The average molecular weight is 473 g/mol. The highest BCUT2D eigenvalue weighted by Crippen LogP contribution is 2.33. The minimum absolute atomic E-state index is 0.114. The van der Waals surface area contributed by atoms with Crippen molar-refractivity contribution in [1.29, 1.82) is 0 Å². The molecule has 0 N–H and O–H groups in total. The first-order valence-electron chi connectivity index (χ1n) is 9.64. The number of fused-ring (bicyclic) bond motifs is 1. The van der Waals surface area contributed by atoms with Crippen molar-refractivity contribution in [2.24, 2.45) is 0 Å². The summed E-state index contributed by atoms with van der Waals surface area (Å²) in [4.78, 5) is 23.4. The number of aromatic nitrogens is 3. The molecule has 31 heavy (non-hydrogen) atoms. The highest BCUT2D eigenvalue weighted by molar-refractivity contribution is 7.98. The second-order valence-electron chi connectivity index (χ2n) is 6.77. The fraction of sp³-hybridized carbons (Fsp3) is 0.227. The van der Waals surface area contributed by atoms with Gasteiger partial charge in [-0.2, -0.15) is 0 Å². The van der Waals surface area contributed by atoms with E-state index in [4.69, 9.17) is 26.3 Å². The van der Waals surface area contributed by atoms with Gasteiger partial charge in [0, 0.05) is 36.7 Å². The van der Waals surface area contributed by atoms with Crippen molar-refractivity contribution < 1.29 is 9.53 Å². The molecule has 160 valence electrons. The van der Waals surface area contributed by atoms with Crippen LogP contribution in [0.25, 0.3) is 11.0 Å². The van der Waals surface area contributed by atoms with Crippen LogP contribution in [0.4, 0.5) is 10.8 Å². The van der Waals surface area contributed by atoms with Crippen LogP contribution in [-0.4, -0.2) is 34.2 Å². The molecule has 6 nitrogen and oxygen atoms in total. The summed E-state index contributed by atoms with van der Waals surface area (Å²) in [5, 5.41) is 4.10. The van der Waals surface area contributed by atoms with Gasteiger partial charge in [-0.15, -0.1) is 11.3 Å². The molecule has 0 fully saturated rings. The first-order valence-corrected chi connectivity index (χ1v) is 11.9. The summed E-state index contributed by atoms with van der Waals surface area (Å²) >= 11 is 9.17. The number of thioether (sulfide) groups is 1. The van der Waals surface area contributed by atoms with E-state index in [0.717, 1.165) is 28.4 Å². The number of halogens is 1. The first-order chi connectivity index (χ1) is 15.1. The van der Waals surface area contributed by atoms with Crippen molar-refractivity contribution in [1.82, 2.24) is 14.5 Å². The third-order valence-electron chi connectivity index (χ3n) is 4.60. The molecule has 2 aromatic heterocycles. The molecule has 0 aliphatic rings. The smallest absolute Gasteiger partial charge is 0.230 e. The van der Waals surface area contributed by atoms with Crippen molar-refractivity contribution >= 4 is 62.5 Å². The van der Waals surface area contributed by atoms with E-state index in [-0.39, 0.29) is 5.91 Å². The van der Waals surface area contributed by atoms with Crippen LogP contribution < -0.4 is 4.90 Å². The summed E-state index contributed by atoms with van der Waals surface area (Å²) in [6.07, 6.45) is 0. The van der Waals surface area contributed by atoms with Gasteiger partial charge in [-0.05, 0) is 30.3 Å². The zero-order valence-corrected chi connectivity index (χ0v) is 19.5. The molecule has 0 unspecified atom stereocenters. The molecule has 0 aliphatic carbocycles. The van der Waals surface area contributed by atoms with Crippen LogP contribution in [0, 0.1) is 0 Å². The summed E-state index contributed by atoms with van der Waals surface area (Å²) in [5.74, 6) is 0.533. The Kier molecular flexibility index (Phi) is 6.92. The fourth-order valence-electron chi connectivity index (χ4n) is 3.21. The lowest BCUT2D eigenvalue weighted by atomic mass is 10.3. The van der Waals surface area contributed by atoms with Gasteiger partial charge in [-0.1, -0.05) is 41.6 Å². The molecule has 0 radical (unpaired) electrons. The number of rotatable bonds is 8. The minimum atomic E-state index is -0.114. The maximum absolute atomic E-state index is 12.3. The molecular weight excluding hydrogens is 452 g/mol. The molecule has 4 aromatic rings. The molecule has 0 saturated carbocycles. The molecular formula is C22H21ClN4O2S2. The molecule has 2 heterocycles. The first kappa shape index (κ1) is 21.8. The molecule has 0 spiro atoms. The van der Waals surface area contributed by atoms with Crippen LogP contribution in [0.2, 0.25) is 5.02 Å². The summed E-state index contributed by atoms with van der Waals surface area (Å²) in [6, 6.07) is 15.3. The van der Waals surface area contributed by atoms with Gasteiger partial charge in [0.1, 0.15) is 0 Å². The van der Waals surface area contributed by atoms with E-state index in [1.54, 1.807) is 35.9 Å². The van der Waals surface area contributed by atoms with E-state index < -0.39 is 0 Å². The second-order valence-corrected chi connectivity index (χ2v) is 8.99. The van der Waals surface area contributed by atoms with Gasteiger partial charge in [0.2, 0.25) is 5.91 Å². The number of thiazole rings is 1. The standard InChI is InChI=1S/C22H21ClN4O2S2/c1-15(28)27(18-7-5-6-16(23)12-18)22-24-17(14-31-22)13-30-21-25-19-8-3-4-9-20(19)26(21)10-11-29-2/h3-9,12,14H,10-11,13H2,1-2H3. The van der Waals surface area contributed by atoms with Gasteiger partial charge in [0.05, 0.1) is 29.0 Å². The second kappa shape index (κ2) is 9.82. The molecule has 9 heteroatoms.